The lowest BCUT2D eigenvalue weighted by Crippen LogP contribution is -2.56. The van der Waals surface area contributed by atoms with Gasteiger partial charge >= 0.3 is 7.12 Å². The number of hydrogen-bond donors (Lipinski definition) is 5. The fraction of sp³-hybridized carbons (Fsp3) is 0.611. The number of carbonyl (C=O) groups excluding carboxylic acids is 2. The summed E-state index contributed by atoms with van der Waals surface area (Å²) in [7, 11) is -1.69. The number of carbonyl (C=O) groups is 2. The van der Waals surface area contributed by atoms with Crippen LogP contribution in [0.25, 0.3) is 0 Å². The number of aromatic nitrogens is 1. The molecule has 0 spiro atoms. The van der Waals surface area contributed by atoms with Gasteiger partial charge in [0.15, 0.2) is 0 Å². The van der Waals surface area contributed by atoms with Crippen molar-refractivity contribution in [3.8, 4) is 0 Å². The number of nitrogens with zero attached hydrogens (tertiary/aromatic N) is 1. The van der Waals surface area contributed by atoms with Crippen LogP contribution in [-0.4, -0.2) is 53.0 Å². The molecule has 0 aliphatic heterocycles. The third-order valence-corrected chi connectivity index (χ3v) is 5.14. The average molecular weight is 449 g/mol. The molecule has 29 heavy (non-hydrogen) atoms. The summed E-state index contributed by atoms with van der Waals surface area (Å²) in [5.74, 6) is -1.57. The molecule has 1 aromatic rings. The first-order valence-corrected chi connectivity index (χ1v) is 9.54. The van der Waals surface area contributed by atoms with Gasteiger partial charge in [0.1, 0.15) is 5.41 Å². The lowest BCUT2D eigenvalue weighted by molar-refractivity contribution is -0.143. The Bertz CT molecular complexity index is 619. The first kappa shape index (κ1) is 27.6. The quantitative estimate of drug-likeness (QED) is 0.259. The van der Waals surface area contributed by atoms with E-state index in [4.69, 9.17) is 5.73 Å². The smallest absolute Gasteiger partial charge is 0.426 e. The number of amides is 2. The molecule has 1 saturated carbocycles. The van der Waals surface area contributed by atoms with E-state index in [9.17, 15) is 19.6 Å². The highest BCUT2D eigenvalue weighted by Gasteiger charge is 2.48. The molecule has 1 atom stereocenters. The largest absolute Gasteiger partial charge is 0.475 e. The molecule has 1 heterocycles. The van der Waals surface area contributed by atoms with Crippen molar-refractivity contribution in [2.75, 3.05) is 13.1 Å². The van der Waals surface area contributed by atoms with Crippen molar-refractivity contribution in [1.29, 1.82) is 0 Å². The normalized spacial score (nSPS) is 15.4. The van der Waals surface area contributed by atoms with E-state index in [1.54, 1.807) is 12.4 Å². The second kappa shape index (κ2) is 13.8. The molecule has 2 amide bonds. The van der Waals surface area contributed by atoms with Crippen molar-refractivity contribution in [3.63, 3.8) is 0 Å². The minimum atomic E-state index is -1.69. The van der Waals surface area contributed by atoms with Crippen LogP contribution in [0.2, 0.25) is 0 Å². The van der Waals surface area contributed by atoms with Gasteiger partial charge in [-0.3, -0.25) is 14.6 Å². The second-order valence-electron chi connectivity index (χ2n) is 7.08. The molecule has 0 bridgehead atoms. The summed E-state index contributed by atoms with van der Waals surface area (Å²) in [4.78, 5) is 29.8. The maximum absolute atomic E-state index is 12.9. The van der Waals surface area contributed by atoms with Crippen molar-refractivity contribution in [1.82, 2.24) is 15.6 Å². The molecule has 164 valence electrons. The minimum absolute atomic E-state index is 0. The topological polar surface area (TPSA) is 138 Å². The van der Waals surface area contributed by atoms with E-state index in [0.29, 0.717) is 45.2 Å². The van der Waals surface area contributed by atoms with E-state index in [0.717, 1.165) is 18.4 Å². The van der Waals surface area contributed by atoms with E-state index in [1.807, 2.05) is 12.1 Å². The molecule has 1 fully saturated rings. The van der Waals surface area contributed by atoms with E-state index in [-0.39, 0.29) is 30.7 Å². The Balaban J connectivity index is 0.00000392. The Kier molecular flexibility index (Phi) is 13.1. The molecular formula is C18H31BCl2N4O4. The summed E-state index contributed by atoms with van der Waals surface area (Å²) in [5, 5.41) is 24.6. The summed E-state index contributed by atoms with van der Waals surface area (Å²) in [6, 6.07) is 3.77. The number of pyridine rings is 1. The lowest BCUT2D eigenvalue weighted by atomic mass is 9.75. The van der Waals surface area contributed by atoms with Crippen LogP contribution in [-0.2, 0) is 16.0 Å². The van der Waals surface area contributed by atoms with Crippen molar-refractivity contribution in [3.05, 3.63) is 30.1 Å². The van der Waals surface area contributed by atoms with Gasteiger partial charge in [-0.25, -0.2) is 0 Å². The summed E-state index contributed by atoms with van der Waals surface area (Å²) in [6.07, 6.45) is 7.46. The molecule has 6 N–H and O–H groups in total. The Labute approximate surface area is 184 Å². The highest BCUT2D eigenvalue weighted by molar-refractivity contribution is 6.43. The van der Waals surface area contributed by atoms with Crippen LogP contribution in [0.4, 0.5) is 0 Å². The van der Waals surface area contributed by atoms with E-state index in [1.165, 1.54) is 0 Å². The van der Waals surface area contributed by atoms with Crippen molar-refractivity contribution in [2.45, 2.75) is 50.9 Å². The standard InChI is InChI=1S/C18H29BN4O4.2ClH/c20-10-3-6-15(19(26)27)23-17(25)18(8-1-2-9-18)16(24)22-12-7-14-5-4-11-21-13-14;;/h4-5,11,13,15,26-27H,1-3,6-10,12,20H2,(H,22,24)(H,23,25);2*1H/t15-;;/m0../s1. The predicted molar refractivity (Wildman–Crippen MR) is 117 cm³/mol. The Morgan fingerprint density at radius 1 is 1.24 bits per heavy atom. The zero-order valence-corrected chi connectivity index (χ0v) is 18.0. The second-order valence-corrected chi connectivity index (χ2v) is 7.08. The highest BCUT2D eigenvalue weighted by atomic mass is 35.5. The summed E-state index contributed by atoms with van der Waals surface area (Å²) in [5.41, 5.74) is 5.32. The maximum atomic E-state index is 12.9. The van der Waals surface area contributed by atoms with Crippen molar-refractivity contribution >= 4 is 43.7 Å². The zero-order valence-electron chi connectivity index (χ0n) is 16.4. The maximum Gasteiger partial charge on any atom is 0.475 e. The molecule has 8 nitrogen and oxygen atoms in total. The van der Waals surface area contributed by atoms with E-state index in [2.05, 4.69) is 15.6 Å². The SMILES string of the molecule is Cl.Cl.NCCC[C@H](NC(=O)C1(C(=O)NCCc2cccnc2)CCCC1)B(O)O. The summed E-state index contributed by atoms with van der Waals surface area (Å²) >= 11 is 0. The van der Waals surface area contributed by atoms with E-state index >= 15 is 0 Å². The van der Waals surface area contributed by atoms with Gasteiger partial charge in [0, 0.05) is 18.9 Å². The van der Waals surface area contributed by atoms with E-state index < -0.39 is 24.4 Å². The lowest BCUT2D eigenvalue weighted by Gasteiger charge is -2.29. The van der Waals surface area contributed by atoms with Crippen LogP contribution in [0, 0.1) is 5.41 Å². The van der Waals surface area contributed by atoms with Gasteiger partial charge in [-0.05, 0) is 50.3 Å². The number of nitrogens with one attached hydrogen (secondary N) is 2. The number of nitrogens with two attached hydrogens (primary N) is 1. The van der Waals surface area contributed by atoms with Crippen molar-refractivity contribution < 1.29 is 19.6 Å². The first-order valence-electron chi connectivity index (χ1n) is 9.54. The first-order chi connectivity index (χ1) is 13.0. The molecule has 0 radical (unpaired) electrons. The van der Waals surface area contributed by atoms with Gasteiger partial charge in [-0.2, -0.15) is 0 Å². The van der Waals surface area contributed by atoms with Gasteiger partial charge in [0.25, 0.3) is 0 Å². The number of hydrogen-bond acceptors (Lipinski definition) is 6. The van der Waals surface area contributed by atoms with Crippen LogP contribution in [0.1, 0.15) is 44.1 Å². The highest BCUT2D eigenvalue weighted by Crippen LogP contribution is 2.38. The van der Waals surface area contributed by atoms with Gasteiger partial charge < -0.3 is 26.4 Å². The molecule has 1 aromatic heterocycles. The molecule has 0 aromatic carbocycles. The average Bonchev–Trinajstić information content (AvgIpc) is 3.17. The Hall–Kier alpha value is -1.39. The zero-order chi connectivity index (χ0) is 19.7. The van der Waals surface area contributed by atoms with Crippen LogP contribution in [0.15, 0.2) is 24.5 Å². The van der Waals surface area contributed by atoms with Crippen LogP contribution in [0.3, 0.4) is 0 Å². The Morgan fingerprint density at radius 3 is 2.48 bits per heavy atom. The molecule has 1 aliphatic carbocycles. The third-order valence-electron chi connectivity index (χ3n) is 5.14. The van der Waals surface area contributed by atoms with Crippen LogP contribution < -0.4 is 16.4 Å². The van der Waals surface area contributed by atoms with Gasteiger partial charge in [0.2, 0.25) is 11.8 Å². The summed E-state index contributed by atoms with van der Waals surface area (Å²) in [6.45, 7) is 0.803. The Morgan fingerprint density at radius 2 is 1.93 bits per heavy atom. The fourth-order valence-corrected chi connectivity index (χ4v) is 3.51. The van der Waals surface area contributed by atoms with Gasteiger partial charge in [0.05, 0.1) is 5.94 Å². The van der Waals surface area contributed by atoms with Crippen LogP contribution >= 0.6 is 24.8 Å². The molecular weight excluding hydrogens is 418 g/mol. The molecule has 0 unspecified atom stereocenters. The third kappa shape index (κ3) is 7.75. The molecule has 11 heteroatoms. The monoisotopic (exact) mass is 448 g/mol. The van der Waals surface area contributed by atoms with Crippen LogP contribution in [0.5, 0.6) is 0 Å². The number of rotatable bonds is 10. The molecule has 2 rings (SSSR count). The van der Waals surface area contributed by atoms with Crippen molar-refractivity contribution in [2.24, 2.45) is 11.1 Å². The van der Waals surface area contributed by atoms with Gasteiger partial charge in [-0.15, -0.1) is 24.8 Å². The molecule has 1 aliphatic rings. The number of halogens is 2. The predicted octanol–water partition coefficient (Wildman–Crippen LogP) is 0.380. The summed E-state index contributed by atoms with van der Waals surface area (Å²) < 4.78 is 0. The minimum Gasteiger partial charge on any atom is -0.426 e. The fourth-order valence-electron chi connectivity index (χ4n) is 3.51. The van der Waals surface area contributed by atoms with Gasteiger partial charge in [-0.1, -0.05) is 18.9 Å². The molecule has 0 saturated heterocycles.